The van der Waals surface area contributed by atoms with E-state index in [0.717, 1.165) is 19.3 Å². The van der Waals surface area contributed by atoms with Crippen LogP contribution >= 0.6 is 0 Å². The Morgan fingerprint density at radius 3 is 2.40 bits per heavy atom. The topological polar surface area (TPSA) is 20.2 Å². The fourth-order valence-electron chi connectivity index (χ4n) is 0.622. The summed E-state index contributed by atoms with van der Waals surface area (Å²) in [6.45, 7) is 5.94. The molecule has 0 aromatic heterocycles. The van der Waals surface area contributed by atoms with Crippen molar-refractivity contribution in [3.05, 3.63) is 12.2 Å². The van der Waals surface area contributed by atoms with Crippen molar-refractivity contribution in [3.8, 4) is 0 Å². The average molecular weight is 142 g/mol. The molecule has 1 N–H and O–H groups in total. The van der Waals surface area contributed by atoms with Crippen LogP contribution in [-0.4, -0.2) is 10.7 Å². The Morgan fingerprint density at radius 1 is 1.40 bits per heavy atom. The van der Waals surface area contributed by atoms with Crippen molar-refractivity contribution in [2.45, 2.75) is 45.6 Å². The maximum Gasteiger partial charge on any atom is 0.0797 e. The van der Waals surface area contributed by atoms with E-state index in [2.05, 4.69) is 6.92 Å². The van der Waals surface area contributed by atoms with Crippen molar-refractivity contribution in [3.63, 3.8) is 0 Å². The lowest BCUT2D eigenvalue weighted by Gasteiger charge is -2.15. The molecule has 0 radical (unpaired) electrons. The normalized spacial score (nSPS) is 17.6. The van der Waals surface area contributed by atoms with Crippen LogP contribution in [0.25, 0.3) is 0 Å². The van der Waals surface area contributed by atoms with Crippen LogP contribution in [0, 0.1) is 0 Å². The number of allylic oxidation sites excluding steroid dienone is 1. The fraction of sp³-hybridized carbons (Fsp3) is 0.778. The van der Waals surface area contributed by atoms with Gasteiger partial charge in [0.15, 0.2) is 0 Å². The first-order chi connectivity index (χ1) is 4.62. The van der Waals surface area contributed by atoms with E-state index in [9.17, 15) is 5.11 Å². The van der Waals surface area contributed by atoms with Gasteiger partial charge in [-0.15, -0.1) is 0 Å². The molecule has 0 aromatic rings. The van der Waals surface area contributed by atoms with Crippen molar-refractivity contribution in [1.29, 1.82) is 0 Å². The SMILES string of the molecule is CCC/C=C/C(C)(O)CC. The molecule has 0 aliphatic carbocycles. The van der Waals surface area contributed by atoms with E-state index in [1.165, 1.54) is 0 Å². The number of aliphatic hydroxyl groups is 1. The van der Waals surface area contributed by atoms with Gasteiger partial charge in [0.05, 0.1) is 5.60 Å². The summed E-state index contributed by atoms with van der Waals surface area (Å²) in [7, 11) is 0. The summed E-state index contributed by atoms with van der Waals surface area (Å²) in [6, 6.07) is 0. The van der Waals surface area contributed by atoms with Crippen molar-refractivity contribution in [2.75, 3.05) is 0 Å². The lowest BCUT2D eigenvalue weighted by atomic mass is 10.0. The number of rotatable bonds is 4. The van der Waals surface area contributed by atoms with Crippen molar-refractivity contribution in [2.24, 2.45) is 0 Å². The van der Waals surface area contributed by atoms with Crippen molar-refractivity contribution < 1.29 is 5.11 Å². The molecule has 0 rings (SSSR count). The number of unbranched alkanes of at least 4 members (excludes halogenated alkanes) is 1. The molecule has 1 nitrogen and oxygen atoms in total. The summed E-state index contributed by atoms with van der Waals surface area (Å²) in [6.07, 6.45) is 6.93. The highest BCUT2D eigenvalue weighted by Crippen LogP contribution is 2.10. The molecule has 0 aromatic carbocycles. The zero-order valence-electron chi connectivity index (χ0n) is 7.22. The molecule has 0 saturated carbocycles. The van der Waals surface area contributed by atoms with E-state index in [0.29, 0.717) is 0 Å². The van der Waals surface area contributed by atoms with Crippen LogP contribution in [0.1, 0.15) is 40.0 Å². The van der Waals surface area contributed by atoms with Gasteiger partial charge in [0, 0.05) is 0 Å². The second-order valence-corrected chi connectivity index (χ2v) is 2.90. The van der Waals surface area contributed by atoms with Gasteiger partial charge in [-0.3, -0.25) is 0 Å². The first kappa shape index (κ1) is 9.70. The predicted octanol–water partition coefficient (Wildman–Crippen LogP) is 2.50. The van der Waals surface area contributed by atoms with Crippen LogP contribution in [0.3, 0.4) is 0 Å². The van der Waals surface area contributed by atoms with E-state index in [1.54, 1.807) is 0 Å². The van der Waals surface area contributed by atoms with Gasteiger partial charge in [0.2, 0.25) is 0 Å². The largest absolute Gasteiger partial charge is 0.386 e. The Balaban J connectivity index is 3.63. The molecule has 1 atom stereocenters. The molecule has 0 bridgehead atoms. The van der Waals surface area contributed by atoms with Crippen molar-refractivity contribution in [1.82, 2.24) is 0 Å². The summed E-state index contributed by atoms with van der Waals surface area (Å²) < 4.78 is 0. The standard InChI is InChI=1S/C9H18O/c1-4-6-7-8-9(3,10)5-2/h7-8,10H,4-6H2,1-3H3/b8-7+. The fourth-order valence-corrected chi connectivity index (χ4v) is 0.622. The van der Waals surface area contributed by atoms with Gasteiger partial charge in [0.25, 0.3) is 0 Å². The van der Waals surface area contributed by atoms with Gasteiger partial charge >= 0.3 is 0 Å². The second-order valence-electron chi connectivity index (χ2n) is 2.90. The van der Waals surface area contributed by atoms with Crippen molar-refractivity contribution >= 4 is 0 Å². The van der Waals surface area contributed by atoms with Gasteiger partial charge < -0.3 is 5.11 Å². The van der Waals surface area contributed by atoms with Gasteiger partial charge in [-0.05, 0) is 19.8 Å². The van der Waals surface area contributed by atoms with Crippen LogP contribution in [0.5, 0.6) is 0 Å². The minimum absolute atomic E-state index is 0.588. The summed E-state index contributed by atoms with van der Waals surface area (Å²) in [4.78, 5) is 0. The molecule has 1 unspecified atom stereocenters. The summed E-state index contributed by atoms with van der Waals surface area (Å²) >= 11 is 0. The van der Waals surface area contributed by atoms with Gasteiger partial charge in [-0.1, -0.05) is 32.4 Å². The van der Waals surface area contributed by atoms with Crippen LogP contribution < -0.4 is 0 Å². The molecule has 0 heterocycles. The van der Waals surface area contributed by atoms with Gasteiger partial charge in [-0.25, -0.2) is 0 Å². The molecule has 0 saturated heterocycles. The molecule has 0 aliphatic rings. The number of hydrogen-bond donors (Lipinski definition) is 1. The summed E-state index contributed by atoms with van der Waals surface area (Å²) in [5, 5.41) is 9.46. The Hall–Kier alpha value is -0.300. The van der Waals surface area contributed by atoms with E-state index in [1.807, 2.05) is 26.0 Å². The first-order valence-electron chi connectivity index (χ1n) is 4.02. The third-order valence-corrected chi connectivity index (χ3v) is 1.65. The molecule has 10 heavy (non-hydrogen) atoms. The van der Waals surface area contributed by atoms with E-state index < -0.39 is 5.60 Å². The molecule has 1 heteroatoms. The Bertz CT molecular complexity index is 103. The maximum atomic E-state index is 9.46. The zero-order chi connectivity index (χ0) is 8.04. The third-order valence-electron chi connectivity index (χ3n) is 1.65. The monoisotopic (exact) mass is 142 g/mol. The smallest absolute Gasteiger partial charge is 0.0797 e. The van der Waals surface area contributed by atoms with E-state index in [4.69, 9.17) is 0 Å². The lowest BCUT2D eigenvalue weighted by Crippen LogP contribution is -2.18. The highest BCUT2D eigenvalue weighted by molar-refractivity contribution is 4.96. The minimum atomic E-state index is -0.588. The molecule has 0 aliphatic heterocycles. The molecule has 60 valence electrons. The highest BCUT2D eigenvalue weighted by atomic mass is 16.3. The van der Waals surface area contributed by atoms with Crippen LogP contribution in [0.4, 0.5) is 0 Å². The zero-order valence-corrected chi connectivity index (χ0v) is 7.22. The third kappa shape index (κ3) is 4.57. The molecular formula is C9H18O. The van der Waals surface area contributed by atoms with Gasteiger partial charge in [0.1, 0.15) is 0 Å². The highest BCUT2D eigenvalue weighted by Gasteiger charge is 2.10. The van der Waals surface area contributed by atoms with Crippen LogP contribution in [0.2, 0.25) is 0 Å². The molecule has 0 spiro atoms. The lowest BCUT2D eigenvalue weighted by molar-refractivity contribution is 0.107. The molecule has 0 fully saturated rings. The Labute approximate surface area is 63.8 Å². The number of hydrogen-bond acceptors (Lipinski definition) is 1. The Kier molecular flexibility index (Phi) is 4.37. The maximum absolute atomic E-state index is 9.46. The summed E-state index contributed by atoms with van der Waals surface area (Å²) in [5.41, 5.74) is -0.588. The van der Waals surface area contributed by atoms with E-state index >= 15 is 0 Å². The second kappa shape index (κ2) is 4.51. The minimum Gasteiger partial charge on any atom is -0.386 e. The molecule has 0 amide bonds. The Morgan fingerprint density at radius 2 is 2.00 bits per heavy atom. The summed E-state index contributed by atoms with van der Waals surface area (Å²) in [5.74, 6) is 0. The average Bonchev–Trinajstić information content (AvgIpc) is 1.89. The quantitative estimate of drug-likeness (QED) is 0.598. The van der Waals surface area contributed by atoms with Crippen LogP contribution in [0.15, 0.2) is 12.2 Å². The predicted molar refractivity (Wildman–Crippen MR) is 45.0 cm³/mol. The first-order valence-corrected chi connectivity index (χ1v) is 4.02. The van der Waals surface area contributed by atoms with Gasteiger partial charge in [-0.2, -0.15) is 0 Å². The van der Waals surface area contributed by atoms with E-state index in [-0.39, 0.29) is 0 Å². The van der Waals surface area contributed by atoms with Crippen LogP contribution in [-0.2, 0) is 0 Å². The molecular weight excluding hydrogens is 124 g/mol.